The molecule has 0 saturated carbocycles. The predicted molar refractivity (Wildman–Crippen MR) is 58.5 cm³/mol. The van der Waals surface area contributed by atoms with Crippen LogP contribution in [0, 0.1) is 0 Å². The molecule has 5 heteroatoms. The van der Waals surface area contributed by atoms with E-state index in [0.717, 1.165) is 12.1 Å². The number of rotatable bonds is 5. The van der Waals surface area contributed by atoms with Crippen molar-refractivity contribution in [2.45, 2.75) is 31.9 Å². The van der Waals surface area contributed by atoms with Crippen molar-refractivity contribution >= 4 is 0 Å². The number of ether oxygens (including phenoxy) is 1. The zero-order valence-corrected chi connectivity index (χ0v) is 10.1. The Morgan fingerprint density at radius 3 is 2.67 bits per heavy atom. The van der Waals surface area contributed by atoms with Crippen molar-refractivity contribution in [1.29, 1.82) is 0 Å². The molecule has 2 unspecified atom stereocenters. The van der Waals surface area contributed by atoms with Crippen molar-refractivity contribution < 1.29 is 4.74 Å². The summed E-state index contributed by atoms with van der Waals surface area (Å²) in [5.41, 5.74) is 0.785. The Bertz CT molecular complexity index is 306. The molecule has 86 valence electrons. The van der Waals surface area contributed by atoms with E-state index >= 15 is 0 Å². The quantitative estimate of drug-likeness (QED) is 0.787. The molecule has 0 aliphatic heterocycles. The molecule has 0 amide bonds. The maximum absolute atomic E-state index is 5.59. The van der Waals surface area contributed by atoms with Crippen LogP contribution in [0.5, 0.6) is 0 Å². The number of hydrogen-bond donors (Lipinski definition) is 1. The Morgan fingerprint density at radius 1 is 1.67 bits per heavy atom. The smallest absolute Gasteiger partial charge is 0.0857 e. The van der Waals surface area contributed by atoms with E-state index in [4.69, 9.17) is 4.74 Å². The average Bonchev–Trinajstić information content (AvgIpc) is 2.66. The lowest BCUT2D eigenvalue weighted by atomic mass is 9.91. The van der Waals surface area contributed by atoms with Gasteiger partial charge in [-0.15, -0.1) is 5.10 Å². The van der Waals surface area contributed by atoms with Crippen LogP contribution in [0.2, 0.25) is 0 Å². The van der Waals surface area contributed by atoms with Gasteiger partial charge in [-0.2, -0.15) is 0 Å². The number of nitrogens with zero attached hydrogens (tertiary/aromatic N) is 3. The van der Waals surface area contributed by atoms with Crippen LogP contribution in [0.4, 0.5) is 0 Å². The highest BCUT2D eigenvalue weighted by molar-refractivity contribution is 5.08. The molecule has 2 atom stereocenters. The number of aryl methyl sites for hydroxylation is 1. The summed E-state index contributed by atoms with van der Waals surface area (Å²) in [4.78, 5) is 0. The Balaban J connectivity index is 3.03. The maximum Gasteiger partial charge on any atom is 0.0857 e. The molecule has 1 N–H and O–H groups in total. The van der Waals surface area contributed by atoms with Gasteiger partial charge in [0.2, 0.25) is 0 Å². The van der Waals surface area contributed by atoms with Gasteiger partial charge in [0.25, 0.3) is 0 Å². The highest BCUT2D eigenvalue weighted by Crippen LogP contribution is 2.30. The second-order valence-corrected chi connectivity index (χ2v) is 3.87. The fourth-order valence-corrected chi connectivity index (χ4v) is 1.79. The van der Waals surface area contributed by atoms with Crippen LogP contribution in [0.3, 0.4) is 0 Å². The van der Waals surface area contributed by atoms with E-state index in [2.05, 4.69) is 29.5 Å². The summed E-state index contributed by atoms with van der Waals surface area (Å²) in [6, 6.07) is 0.0903. The molecule has 0 spiro atoms. The summed E-state index contributed by atoms with van der Waals surface area (Å²) in [6.45, 7) is 4.19. The summed E-state index contributed by atoms with van der Waals surface area (Å²) in [6.07, 6.45) is 2.69. The van der Waals surface area contributed by atoms with Gasteiger partial charge < -0.3 is 10.1 Å². The van der Waals surface area contributed by atoms with Crippen molar-refractivity contribution in [1.82, 2.24) is 20.3 Å². The summed E-state index contributed by atoms with van der Waals surface area (Å²) in [7, 11) is 5.54. The Morgan fingerprint density at radius 2 is 2.33 bits per heavy atom. The lowest BCUT2D eigenvalue weighted by Crippen LogP contribution is -2.42. The minimum absolute atomic E-state index is 0.0903. The largest absolute Gasteiger partial charge is 0.376 e. The molecule has 15 heavy (non-hydrogen) atoms. The predicted octanol–water partition coefficient (Wildman–Crippen LogP) is 0.891. The first-order valence-corrected chi connectivity index (χ1v) is 5.16. The first-order chi connectivity index (χ1) is 7.09. The minimum atomic E-state index is -0.246. The zero-order valence-electron chi connectivity index (χ0n) is 10.1. The Labute approximate surface area is 90.8 Å². The van der Waals surface area contributed by atoms with Gasteiger partial charge >= 0.3 is 0 Å². The normalized spacial score (nSPS) is 17.4. The Kier molecular flexibility index (Phi) is 3.82. The highest BCUT2D eigenvalue weighted by Gasteiger charge is 2.34. The topological polar surface area (TPSA) is 52.0 Å². The number of nitrogens with one attached hydrogen (secondary N) is 1. The molecular formula is C10H20N4O. The number of likely N-dealkylation sites (N-methyl/N-ethyl adjacent to an activating group) is 1. The first-order valence-electron chi connectivity index (χ1n) is 5.16. The Hall–Kier alpha value is -0.940. The second kappa shape index (κ2) is 4.72. The van der Waals surface area contributed by atoms with Crippen molar-refractivity contribution in [2.75, 3.05) is 14.2 Å². The third-order valence-corrected chi connectivity index (χ3v) is 3.11. The zero-order chi connectivity index (χ0) is 11.5. The molecule has 0 fully saturated rings. The molecule has 1 rings (SSSR count). The summed E-state index contributed by atoms with van der Waals surface area (Å²) >= 11 is 0. The monoisotopic (exact) mass is 212 g/mol. The van der Waals surface area contributed by atoms with Crippen molar-refractivity contribution in [2.24, 2.45) is 7.05 Å². The van der Waals surface area contributed by atoms with Crippen LogP contribution in [-0.2, 0) is 11.8 Å². The van der Waals surface area contributed by atoms with Crippen LogP contribution < -0.4 is 5.32 Å². The molecule has 0 bridgehead atoms. The summed E-state index contributed by atoms with van der Waals surface area (Å²) in [5, 5.41) is 11.1. The van der Waals surface area contributed by atoms with Crippen LogP contribution in [-0.4, -0.2) is 34.8 Å². The highest BCUT2D eigenvalue weighted by atomic mass is 16.5. The van der Waals surface area contributed by atoms with Gasteiger partial charge in [-0.3, -0.25) is 4.68 Å². The minimum Gasteiger partial charge on any atom is -0.376 e. The molecule has 1 aromatic heterocycles. The third kappa shape index (κ3) is 2.18. The van der Waals surface area contributed by atoms with E-state index in [-0.39, 0.29) is 11.6 Å². The van der Waals surface area contributed by atoms with Crippen molar-refractivity contribution in [3.63, 3.8) is 0 Å². The first kappa shape index (κ1) is 12.1. The molecule has 1 heterocycles. The molecule has 0 aliphatic rings. The van der Waals surface area contributed by atoms with Crippen LogP contribution >= 0.6 is 0 Å². The summed E-state index contributed by atoms with van der Waals surface area (Å²) < 4.78 is 7.36. The lowest BCUT2D eigenvalue weighted by Gasteiger charge is -2.35. The SMILES string of the molecule is CCC(C)(OC)C(NC)c1cnnn1C. The standard InChI is InChI=1S/C10H20N4O/c1-6-10(2,15-5)9(11-3)8-7-12-13-14(8)4/h7,9,11H,6H2,1-5H3. The van der Waals surface area contributed by atoms with E-state index in [9.17, 15) is 0 Å². The fraction of sp³-hybridized carbons (Fsp3) is 0.800. The average molecular weight is 212 g/mol. The van der Waals surface area contributed by atoms with E-state index in [1.807, 2.05) is 14.1 Å². The van der Waals surface area contributed by atoms with Gasteiger partial charge in [-0.1, -0.05) is 12.1 Å². The third-order valence-electron chi connectivity index (χ3n) is 3.11. The lowest BCUT2D eigenvalue weighted by molar-refractivity contribution is -0.0300. The van der Waals surface area contributed by atoms with Gasteiger partial charge in [-0.05, 0) is 20.4 Å². The molecule has 0 aliphatic carbocycles. The molecular weight excluding hydrogens is 192 g/mol. The molecule has 0 saturated heterocycles. The fourth-order valence-electron chi connectivity index (χ4n) is 1.79. The molecule has 5 nitrogen and oxygen atoms in total. The number of hydrogen-bond acceptors (Lipinski definition) is 4. The van der Waals surface area contributed by atoms with Crippen molar-refractivity contribution in [3.05, 3.63) is 11.9 Å². The van der Waals surface area contributed by atoms with Gasteiger partial charge in [0, 0.05) is 14.2 Å². The summed E-state index contributed by atoms with van der Waals surface area (Å²) in [5.74, 6) is 0. The van der Waals surface area contributed by atoms with Crippen LogP contribution in [0.15, 0.2) is 6.20 Å². The van der Waals surface area contributed by atoms with E-state index in [0.29, 0.717) is 0 Å². The van der Waals surface area contributed by atoms with Crippen LogP contribution in [0.25, 0.3) is 0 Å². The van der Waals surface area contributed by atoms with E-state index < -0.39 is 0 Å². The van der Waals surface area contributed by atoms with E-state index in [1.165, 1.54) is 0 Å². The van der Waals surface area contributed by atoms with Gasteiger partial charge in [0.15, 0.2) is 0 Å². The number of methoxy groups -OCH3 is 1. The number of aromatic nitrogens is 3. The van der Waals surface area contributed by atoms with E-state index in [1.54, 1.807) is 18.0 Å². The van der Waals surface area contributed by atoms with Crippen LogP contribution in [0.1, 0.15) is 32.0 Å². The maximum atomic E-state index is 5.59. The van der Waals surface area contributed by atoms with Gasteiger partial charge in [-0.25, -0.2) is 0 Å². The van der Waals surface area contributed by atoms with Crippen molar-refractivity contribution in [3.8, 4) is 0 Å². The van der Waals surface area contributed by atoms with Gasteiger partial charge in [0.1, 0.15) is 0 Å². The molecule has 0 aromatic carbocycles. The van der Waals surface area contributed by atoms with Gasteiger partial charge in [0.05, 0.1) is 23.5 Å². The molecule has 1 aromatic rings. The molecule has 0 radical (unpaired) electrons. The second-order valence-electron chi connectivity index (χ2n) is 3.87.